The third kappa shape index (κ3) is 3.94. The summed E-state index contributed by atoms with van der Waals surface area (Å²) in [7, 11) is 0. The molecule has 5 nitrogen and oxygen atoms in total. The van der Waals surface area contributed by atoms with Gasteiger partial charge >= 0.3 is 0 Å². The molecule has 1 amide bonds. The molecule has 1 heterocycles. The highest BCUT2D eigenvalue weighted by atomic mass is 16.1. The van der Waals surface area contributed by atoms with Crippen molar-refractivity contribution in [2.24, 2.45) is 0 Å². The van der Waals surface area contributed by atoms with Crippen LogP contribution < -0.4 is 10.2 Å². The van der Waals surface area contributed by atoms with E-state index >= 15 is 0 Å². The summed E-state index contributed by atoms with van der Waals surface area (Å²) in [6.07, 6.45) is 0. The van der Waals surface area contributed by atoms with Crippen molar-refractivity contribution in [2.75, 3.05) is 23.3 Å². The Morgan fingerprint density at radius 3 is 2.31 bits per heavy atom. The summed E-state index contributed by atoms with van der Waals surface area (Å²) >= 11 is 0. The van der Waals surface area contributed by atoms with E-state index in [1.165, 1.54) is 5.56 Å². The van der Waals surface area contributed by atoms with Crippen LogP contribution in [0.4, 0.5) is 11.4 Å². The number of nitrogens with one attached hydrogen (secondary N) is 2. The summed E-state index contributed by atoms with van der Waals surface area (Å²) in [5.41, 5.74) is 5.28. The molecule has 134 valence electrons. The van der Waals surface area contributed by atoms with Gasteiger partial charge < -0.3 is 10.2 Å². The average Bonchev–Trinajstić information content (AvgIpc) is 3.15. The van der Waals surface area contributed by atoms with E-state index in [0.717, 1.165) is 35.7 Å². The second kappa shape index (κ2) is 7.87. The first-order valence-corrected chi connectivity index (χ1v) is 8.89. The Bertz CT molecular complexity index is 862. The molecule has 0 aliphatic carbocycles. The van der Waals surface area contributed by atoms with Gasteiger partial charge in [-0.2, -0.15) is 5.10 Å². The third-order valence-corrected chi connectivity index (χ3v) is 4.42. The molecule has 2 N–H and O–H groups in total. The Morgan fingerprint density at radius 1 is 1.04 bits per heavy atom. The van der Waals surface area contributed by atoms with Gasteiger partial charge in [-0.3, -0.25) is 9.89 Å². The topological polar surface area (TPSA) is 61.0 Å². The number of rotatable bonds is 6. The monoisotopic (exact) mass is 348 g/mol. The lowest BCUT2D eigenvalue weighted by molar-refractivity contribution is 0.102. The molecule has 1 aromatic heterocycles. The maximum absolute atomic E-state index is 12.5. The molecule has 0 atom stereocenters. The lowest BCUT2D eigenvalue weighted by Crippen LogP contribution is -2.21. The largest absolute Gasteiger partial charge is 0.372 e. The minimum absolute atomic E-state index is 0.202. The van der Waals surface area contributed by atoms with Gasteiger partial charge in [0.15, 0.2) is 0 Å². The number of hydrogen-bond acceptors (Lipinski definition) is 3. The highest BCUT2D eigenvalue weighted by Gasteiger charge is 2.11. The summed E-state index contributed by atoms with van der Waals surface area (Å²) in [6, 6.07) is 17.7. The van der Waals surface area contributed by atoms with E-state index in [4.69, 9.17) is 0 Å². The maximum atomic E-state index is 12.5. The zero-order valence-electron chi connectivity index (χ0n) is 15.4. The van der Waals surface area contributed by atoms with Gasteiger partial charge in [0.1, 0.15) is 5.69 Å². The van der Waals surface area contributed by atoms with Crippen LogP contribution in [0.1, 0.15) is 29.9 Å². The van der Waals surface area contributed by atoms with Crippen LogP contribution in [0.15, 0.2) is 54.6 Å². The van der Waals surface area contributed by atoms with Gasteiger partial charge in [0, 0.05) is 30.0 Å². The molecule has 0 aliphatic heterocycles. The van der Waals surface area contributed by atoms with E-state index < -0.39 is 0 Å². The van der Waals surface area contributed by atoms with Crippen LogP contribution in [0.25, 0.3) is 11.3 Å². The molecule has 0 aliphatic rings. The van der Waals surface area contributed by atoms with Gasteiger partial charge in [-0.05, 0) is 51.1 Å². The van der Waals surface area contributed by atoms with Crippen molar-refractivity contribution in [1.29, 1.82) is 0 Å². The van der Waals surface area contributed by atoms with Gasteiger partial charge in [-0.1, -0.05) is 29.8 Å². The average molecular weight is 348 g/mol. The Balaban J connectivity index is 1.69. The summed E-state index contributed by atoms with van der Waals surface area (Å²) in [5.74, 6) is -0.202. The Kier molecular flexibility index (Phi) is 5.37. The molecule has 26 heavy (non-hydrogen) atoms. The molecule has 0 bridgehead atoms. The summed E-state index contributed by atoms with van der Waals surface area (Å²) in [6.45, 7) is 8.21. The minimum Gasteiger partial charge on any atom is -0.372 e. The number of amides is 1. The normalized spacial score (nSPS) is 10.6. The number of aromatic nitrogens is 2. The van der Waals surface area contributed by atoms with Crippen LogP contribution in [0.2, 0.25) is 0 Å². The number of H-pyrrole nitrogens is 1. The first-order valence-electron chi connectivity index (χ1n) is 8.89. The first-order chi connectivity index (χ1) is 12.6. The van der Waals surface area contributed by atoms with E-state index in [1.54, 1.807) is 6.07 Å². The van der Waals surface area contributed by atoms with Gasteiger partial charge in [-0.25, -0.2) is 0 Å². The quantitative estimate of drug-likeness (QED) is 0.690. The van der Waals surface area contributed by atoms with E-state index in [-0.39, 0.29) is 5.91 Å². The zero-order chi connectivity index (χ0) is 18.5. The second-order valence-corrected chi connectivity index (χ2v) is 6.21. The van der Waals surface area contributed by atoms with Crippen LogP contribution in [0, 0.1) is 6.92 Å². The van der Waals surface area contributed by atoms with Crippen LogP contribution in [-0.4, -0.2) is 29.2 Å². The number of carbonyl (C=O) groups excluding carboxylic acids is 1. The van der Waals surface area contributed by atoms with Crippen LogP contribution in [-0.2, 0) is 0 Å². The molecule has 0 spiro atoms. The lowest BCUT2D eigenvalue weighted by Gasteiger charge is -2.21. The molecule has 0 saturated carbocycles. The van der Waals surface area contributed by atoms with Crippen LogP contribution >= 0.6 is 0 Å². The first kappa shape index (κ1) is 17.7. The fourth-order valence-electron chi connectivity index (χ4n) is 2.85. The van der Waals surface area contributed by atoms with Crippen molar-refractivity contribution in [2.45, 2.75) is 20.8 Å². The summed E-state index contributed by atoms with van der Waals surface area (Å²) in [5, 5.41) is 9.97. The molecule has 0 saturated heterocycles. The molecule has 2 aromatic carbocycles. The fourth-order valence-corrected chi connectivity index (χ4v) is 2.85. The summed E-state index contributed by atoms with van der Waals surface area (Å²) in [4.78, 5) is 14.7. The highest BCUT2D eigenvalue weighted by molar-refractivity contribution is 6.03. The predicted molar refractivity (Wildman–Crippen MR) is 107 cm³/mol. The van der Waals surface area contributed by atoms with Crippen LogP contribution in [0.5, 0.6) is 0 Å². The van der Waals surface area contributed by atoms with Gasteiger partial charge in [0.2, 0.25) is 0 Å². The van der Waals surface area contributed by atoms with Crippen molar-refractivity contribution < 1.29 is 4.79 Å². The molecule has 3 rings (SSSR count). The second-order valence-electron chi connectivity index (χ2n) is 6.21. The zero-order valence-corrected chi connectivity index (χ0v) is 15.4. The van der Waals surface area contributed by atoms with E-state index in [1.807, 2.05) is 55.5 Å². The van der Waals surface area contributed by atoms with Crippen molar-refractivity contribution in [3.05, 3.63) is 65.9 Å². The molecular formula is C21H24N4O. The van der Waals surface area contributed by atoms with Crippen LogP contribution in [0.3, 0.4) is 0 Å². The molecule has 3 aromatic rings. The fraction of sp³-hybridized carbons (Fsp3) is 0.238. The number of benzene rings is 2. The number of aromatic amines is 1. The van der Waals surface area contributed by atoms with Gasteiger partial charge in [0.05, 0.1) is 5.69 Å². The van der Waals surface area contributed by atoms with Gasteiger partial charge in [0.25, 0.3) is 5.91 Å². The predicted octanol–water partition coefficient (Wildman–Crippen LogP) is 4.48. The van der Waals surface area contributed by atoms with Gasteiger partial charge in [-0.15, -0.1) is 0 Å². The van der Waals surface area contributed by atoms with E-state index in [2.05, 4.69) is 34.3 Å². The number of nitrogens with zero attached hydrogens (tertiary/aromatic N) is 2. The van der Waals surface area contributed by atoms with E-state index in [0.29, 0.717) is 5.69 Å². The smallest absolute Gasteiger partial charge is 0.273 e. The molecule has 5 heteroatoms. The lowest BCUT2D eigenvalue weighted by atomic mass is 10.1. The van der Waals surface area contributed by atoms with Crippen molar-refractivity contribution >= 4 is 17.3 Å². The molecule has 0 unspecified atom stereocenters. The van der Waals surface area contributed by atoms with Crippen molar-refractivity contribution in [1.82, 2.24) is 10.2 Å². The molecule has 0 radical (unpaired) electrons. The van der Waals surface area contributed by atoms with Crippen molar-refractivity contribution in [3.63, 3.8) is 0 Å². The number of aryl methyl sites for hydroxylation is 1. The maximum Gasteiger partial charge on any atom is 0.273 e. The SMILES string of the molecule is CCN(CC)c1ccc(NC(=O)c2cc(-c3ccc(C)cc3)n[nH]2)cc1. The Morgan fingerprint density at radius 2 is 1.69 bits per heavy atom. The number of carbonyl (C=O) groups is 1. The minimum atomic E-state index is -0.202. The molecule has 0 fully saturated rings. The summed E-state index contributed by atoms with van der Waals surface area (Å²) < 4.78 is 0. The number of anilines is 2. The van der Waals surface area contributed by atoms with E-state index in [9.17, 15) is 4.79 Å². The number of hydrogen-bond donors (Lipinski definition) is 2. The highest BCUT2D eigenvalue weighted by Crippen LogP contribution is 2.20. The molecular weight excluding hydrogens is 324 g/mol. The Labute approximate surface area is 154 Å². The standard InChI is InChI=1S/C21H24N4O/c1-4-25(5-2)18-12-10-17(11-13-18)22-21(26)20-14-19(23-24-20)16-8-6-15(3)7-9-16/h6-14H,4-5H2,1-3H3,(H,22,26)(H,23,24). The van der Waals surface area contributed by atoms with Crippen molar-refractivity contribution in [3.8, 4) is 11.3 Å². The third-order valence-electron chi connectivity index (χ3n) is 4.42. The Hall–Kier alpha value is -3.08.